The number of nitrogens with zero attached hydrogens (tertiary/aromatic N) is 4. The van der Waals surface area contributed by atoms with Crippen LogP contribution >= 0.6 is 12.2 Å². The lowest BCUT2D eigenvalue weighted by atomic mass is 9.92. The number of carbonyl (C=O) groups excluding carboxylic acids is 8. The Bertz CT molecular complexity index is 1860. The molecule has 19 heteroatoms. The van der Waals surface area contributed by atoms with Crippen molar-refractivity contribution in [2.45, 2.75) is 157 Å². The first kappa shape index (κ1) is 61.0. The number of amides is 7. The Hall–Kier alpha value is -5.01. The predicted molar refractivity (Wildman–Crippen MR) is 263 cm³/mol. The topological polar surface area (TPSA) is 227 Å². The fraction of sp³-hybridized carbons (Fsp3) is 0.694. The van der Waals surface area contributed by atoms with Crippen LogP contribution in [0.5, 0.6) is 5.75 Å². The van der Waals surface area contributed by atoms with Crippen LogP contribution in [0, 0.1) is 29.6 Å². The van der Waals surface area contributed by atoms with Crippen LogP contribution in [0.3, 0.4) is 0 Å². The summed E-state index contributed by atoms with van der Waals surface area (Å²) in [5, 5.41) is 5.42. The summed E-state index contributed by atoms with van der Waals surface area (Å²) in [5.74, 6) is -4.76. The van der Waals surface area contributed by atoms with Gasteiger partial charge in [0.15, 0.2) is 11.9 Å². The van der Waals surface area contributed by atoms with E-state index in [-0.39, 0.29) is 54.6 Å². The van der Waals surface area contributed by atoms with Crippen molar-refractivity contribution in [2.75, 3.05) is 34.7 Å². The van der Waals surface area contributed by atoms with Gasteiger partial charge >= 0.3 is 5.24 Å². The van der Waals surface area contributed by atoms with Gasteiger partial charge in [-0.25, -0.2) is 0 Å². The van der Waals surface area contributed by atoms with Crippen LogP contribution < -0.4 is 21.1 Å². The second kappa shape index (κ2) is 28.5. The van der Waals surface area contributed by atoms with Crippen LogP contribution in [0.4, 0.5) is 0 Å². The zero-order chi connectivity index (χ0) is 52.4. The number of imide groups is 1. The van der Waals surface area contributed by atoms with E-state index in [1.54, 1.807) is 45.0 Å². The summed E-state index contributed by atoms with van der Waals surface area (Å²) in [5.41, 5.74) is 3.91. The number of carbonyl (C=O) groups is 8. The highest BCUT2D eigenvalue weighted by Crippen LogP contribution is 2.24. The van der Waals surface area contributed by atoms with Gasteiger partial charge in [-0.1, -0.05) is 87.4 Å². The number of nitrogens with two attached hydrogens (primary N) is 1. The molecule has 0 radical (unpaired) electrons. The van der Waals surface area contributed by atoms with E-state index in [1.807, 2.05) is 61.5 Å². The minimum atomic E-state index is -1.73. The highest BCUT2D eigenvalue weighted by molar-refractivity contribution is 7.79. The first-order chi connectivity index (χ1) is 31.5. The van der Waals surface area contributed by atoms with Crippen molar-refractivity contribution in [3.8, 4) is 5.75 Å². The molecule has 2 unspecified atom stereocenters. The number of aldehydes is 1. The second-order valence-corrected chi connectivity index (χ2v) is 20.2. The van der Waals surface area contributed by atoms with Gasteiger partial charge in [-0.15, -0.1) is 0 Å². The molecule has 7 atom stereocenters. The fourth-order valence-corrected chi connectivity index (χ4v) is 7.81. The SMILES string of the molecule is CC(C)C[C@@H](NC(C=O)(CC(C)C)N(C)C(=O)CN(C)C(=O)CC(C)OC(=S)Oc1ccccc1)C(=O)N(C)[C@@H](CC(C)C)C(=O)NC(=O)[C@H](C)O[C@H](C(=O)N(C)[C@@H](CC(C)C)C(N)=O)C(C)C. The first-order valence-electron chi connectivity index (χ1n) is 23.5. The third-order valence-corrected chi connectivity index (χ3v) is 11.5. The van der Waals surface area contributed by atoms with Crippen molar-refractivity contribution >= 4 is 65.1 Å². The zero-order valence-electron chi connectivity index (χ0n) is 43.3. The van der Waals surface area contributed by atoms with Gasteiger partial charge < -0.3 is 39.5 Å². The lowest BCUT2D eigenvalue weighted by Crippen LogP contribution is -2.67. The molecule has 0 aliphatic carbocycles. The van der Waals surface area contributed by atoms with E-state index in [9.17, 15) is 38.4 Å². The summed E-state index contributed by atoms with van der Waals surface area (Å²) in [6, 6.07) is 5.60. The Kier molecular flexibility index (Phi) is 25.5. The Morgan fingerprint density at radius 1 is 0.721 bits per heavy atom. The third kappa shape index (κ3) is 19.5. The Morgan fingerprint density at radius 3 is 1.74 bits per heavy atom. The molecule has 1 rings (SSSR count). The van der Waals surface area contributed by atoms with Gasteiger partial charge in [0.05, 0.1) is 19.0 Å². The molecular weight excluding hydrogens is 895 g/mol. The quantitative estimate of drug-likeness (QED) is 0.0605. The average molecular weight is 976 g/mol. The Morgan fingerprint density at radius 2 is 1.25 bits per heavy atom. The van der Waals surface area contributed by atoms with E-state index < -0.39 is 95.9 Å². The molecule has 1 aromatic carbocycles. The van der Waals surface area contributed by atoms with Crippen LogP contribution in [0.15, 0.2) is 30.3 Å². The number of nitrogens with one attached hydrogen (secondary N) is 2. The van der Waals surface area contributed by atoms with Gasteiger partial charge in [-0.05, 0) is 81.3 Å². The number of thiocarbonyl (C=S) groups is 1. The number of hydrogen-bond acceptors (Lipinski definition) is 13. The van der Waals surface area contributed by atoms with Crippen LogP contribution in [0.2, 0.25) is 0 Å². The maximum atomic E-state index is 14.7. The molecule has 0 aromatic heterocycles. The maximum Gasteiger partial charge on any atom is 0.358 e. The minimum absolute atomic E-state index is 0.0561. The van der Waals surface area contributed by atoms with Crippen LogP contribution in [-0.4, -0.2) is 149 Å². The van der Waals surface area contributed by atoms with Gasteiger partial charge in [0.1, 0.15) is 36.1 Å². The van der Waals surface area contributed by atoms with Gasteiger partial charge in [0.2, 0.25) is 29.5 Å². The average Bonchev–Trinajstić information content (AvgIpc) is 3.23. The summed E-state index contributed by atoms with van der Waals surface area (Å²) in [7, 11) is 5.78. The smallest absolute Gasteiger partial charge is 0.358 e. The van der Waals surface area contributed by atoms with Gasteiger partial charge in [0.25, 0.3) is 11.8 Å². The summed E-state index contributed by atoms with van der Waals surface area (Å²) in [6.07, 6.45) is -1.96. The van der Waals surface area contributed by atoms with Crippen molar-refractivity contribution in [1.29, 1.82) is 0 Å². The molecule has 0 bridgehead atoms. The molecule has 384 valence electrons. The molecule has 0 fully saturated rings. The molecular formula is C49H81N7O11S. The van der Waals surface area contributed by atoms with Crippen molar-refractivity contribution in [1.82, 2.24) is 30.2 Å². The summed E-state index contributed by atoms with van der Waals surface area (Å²) >= 11 is 5.19. The Balaban J connectivity index is 3.35. The van der Waals surface area contributed by atoms with Crippen molar-refractivity contribution in [3.63, 3.8) is 0 Å². The lowest BCUT2D eigenvalue weighted by molar-refractivity contribution is -0.159. The monoisotopic (exact) mass is 976 g/mol. The highest BCUT2D eigenvalue weighted by Gasteiger charge is 2.44. The van der Waals surface area contributed by atoms with E-state index in [0.29, 0.717) is 18.5 Å². The lowest BCUT2D eigenvalue weighted by Gasteiger charge is -2.43. The summed E-state index contributed by atoms with van der Waals surface area (Å²) in [6.45, 7) is 21.1. The molecule has 0 saturated carbocycles. The number of likely N-dealkylation sites (N-methyl/N-ethyl adjacent to an activating group) is 4. The molecule has 4 N–H and O–H groups in total. The normalized spacial score (nSPS) is 15.1. The van der Waals surface area contributed by atoms with E-state index in [2.05, 4.69) is 10.6 Å². The van der Waals surface area contributed by atoms with Crippen LogP contribution in [-0.2, 0) is 47.8 Å². The van der Waals surface area contributed by atoms with Crippen molar-refractivity contribution < 1.29 is 52.6 Å². The molecule has 1 aromatic rings. The van der Waals surface area contributed by atoms with E-state index >= 15 is 0 Å². The molecule has 0 spiro atoms. The molecule has 0 saturated heterocycles. The molecule has 0 heterocycles. The van der Waals surface area contributed by atoms with Crippen molar-refractivity contribution in [3.05, 3.63) is 30.3 Å². The van der Waals surface area contributed by atoms with Crippen LogP contribution in [0.1, 0.15) is 115 Å². The third-order valence-electron chi connectivity index (χ3n) is 11.3. The summed E-state index contributed by atoms with van der Waals surface area (Å²) in [4.78, 5) is 114. The van der Waals surface area contributed by atoms with E-state index in [1.165, 1.54) is 54.7 Å². The standard InChI is InChI=1S/C49H81N7O11S/c1-29(2)22-37(52-49(28-57,26-32(7)8)56(16)41(59)27-53(13)40(58)25-34(11)65-48(68)67-36-20-18-17-19-21-36)46(63)55(15)39(24-31(5)6)45(62)51-44(61)35(12)66-42(33(9)10)47(64)54(14)38(43(50)60)23-30(3)4/h17-21,28-35,37-39,42,52H,22-27H2,1-16H3,(H2,50,60)(H,51,61,62)/t34?,35-,37+,38-,39-,42-,49?/m0/s1. The number of hydrogen-bond donors (Lipinski definition) is 3. The van der Waals surface area contributed by atoms with Gasteiger partial charge in [-0.3, -0.25) is 49.0 Å². The molecule has 7 amide bonds. The minimum Gasteiger partial charge on any atom is -0.453 e. The number of primary amides is 1. The Labute approximate surface area is 410 Å². The number of ether oxygens (including phenoxy) is 3. The largest absolute Gasteiger partial charge is 0.453 e. The molecule has 0 aliphatic rings. The molecule has 18 nitrogen and oxygen atoms in total. The zero-order valence-corrected chi connectivity index (χ0v) is 44.1. The molecule has 68 heavy (non-hydrogen) atoms. The predicted octanol–water partition coefficient (Wildman–Crippen LogP) is 4.31. The number of benzene rings is 1. The summed E-state index contributed by atoms with van der Waals surface area (Å²) < 4.78 is 17.1. The first-order valence-corrected chi connectivity index (χ1v) is 23.9. The van der Waals surface area contributed by atoms with Crippen LogP contribution in [0.25, 0.3) is 0 Å². The maximum absolute atomic E-state index is 14.7. The number of rotatable bonds is 28. The fourth-order valence-electron chi connectivity index (χ4n) is 7.55. The van der Waals surface area contributed by atoms with Gasteiger partial charge in [0, 0.05) is 40.4 Å². The van der Waals surface area contributed by atoms with Gasteiger partial charge in [-0.2, -0.15) is 0 Å². The second-order valence-electron chi connectivity index (χ2n) is 19.9. The van der Waals surface area contributed by atoms with E-state index in [4.69, 9.17) is 32.2 Å². The van der Waals surface area contributed by atoms with Crippen molar-refractivity contribution in [2.24, 2.45) is 35.3 Å². The van der Waals surface area contributed by atoms with E-state index in [0.717, 1.165) is 0 Å². The highest BCUT2D eigenvalue weighted by atomic mass is 32.1. The number of para-hydroxylation sites is 1. The molecule has 0 aliphatic heterocycles.